The van der Waals surface area contributed by atoms with Gasteiger partial charge in [0.15, 0.2) is 0 Å². The van der Waals surface area contributed by atoms with E-state index in [1.807, 2.05) is 11.3 Å². The Kier molecular flexibility index (Phi) is 5.96. The van der Waals surface area contributed by atoms with Crippen molar-refractivity contribution in [3.8, 4) is 0 Å². The molecule has 0 saturated heterocycles. The number of nitrogens with one attached hydrogen (secondary N) is 1. The molecule has 86 valence electrons. The Labute approximate surface area is 97.9 Å². The summed E-state index contributed by atoms with van der Waals surface area (Å²) in [5.41, 5.74) is 0. The molecule has 1 heterocycles. The second-order valence-corrected chi connectivity index (χ2v) is 5.72. The van der Waals surface area contributed by atoms with Crippen molar-refractivity contribution in [2.45, 2.75) is 52.6 Å². The summed E-state index contributed by atoms with van der Waals surface area (Å²) in [4.78, 5) is 1.44. The first-order valence-electron chi connectivity index (χ1n) is 5.94. The molecule has 0 aliphatic heterocycles. The molecule has 1 unspecified atom stereocenters. The normalized spacial score (nSPS) is 13.3. The first kappa shape index (κ1) is 12.7. The largest absolute Gasteiger partial charge is 0.309 e. The average molecular weight is 225 g/mol. The molecule has 0 aliphatic rings. The molecule has 0 spiro atoms. The zero-order valence-electron chi connectivity index (χ0n) is 10.1. The summed E-state index contributed by atoms with van der Waals surface area (Å²) in [7, 11) is 0. The van der Waals surface area contributed by atoms with Crippen molar-refractivity contribution in [1.29, 1.82) is 0 Å². The molecule has 0 amide bonds. The molecular formula is C13H23NS. The molecule has 0 aromatic carbocycles. The molecule has 1 atom stereocenters. The summed E-state index contributed by atoms with van der Waals surface area (Å²) in [6.45, 7) is 7.90. The third kappa shape index (κ3) is 5.95. The summed E-state index contributed by atoms with van der Waals surface area (Å²) < 4.78 is 0. The van der Waals surface area contributed by atoms with Crippen molar-refractivity contribution in [3.63, 3.8) is 0 Å². The molecule has 0 bridgehead atoms. The van der Waals surface area contributed by atoms with Gasteiger partial charge in [-0.1, -0.05) is 32.8 Å². The van der Waals surface area contributed by atoms with Crippen LogP contribution in [0, 0.1) is 5.92 Å². The van der Waals surface area contributed by atoms with Gasteiger partial charge in [0.05, 0.1) is 0 Å². The molecule has 1 N–H and O–H groups in total. The van der Waals surface area contributed by atoms with E-state index in [2.05, 4.69) is 43.6 Å². The van der Waals surface area contributed by atoms with Crippen LogP contribution in [0.3, 0.4) is 0 Å². The van der Waals surface area contributed by atoms with Crippen LogP contribution in [-0.2, 0) is 6.54 Å². The Morgan fingerprint density at radius 3 is 2.67 bits per heavy atom. The van der Waals surface area contributed by atoms with E-state index in [-0.39, 0.29) is 0 Å². The first-order chi connectivity index (χ1) is 7.18. The Morgan fingerprint density at radius 2 is 2.07 bits per heavy atom. The van der Waals surface area contributed by atoms with Gasteiger partial charge in [0.2, 0.25) is 0 Å². The molecule has 0 fully saturated rings. The van der Waals surface area contributed by atoms with Crippen molar-refractivity contribution in [2.75, 3.05) is 0 Å². The maximum atomic E-state index is 3.57. The third-order valence-electron chi connectivity index (χ3n) is 2.62. The van der Waals surface area contributed by atoms with Gasteiger partial charge in [-0.05, 0) is 30.7 Å². The minimum atomic E-state index is 0.644. The van der Waals surface area contributed by atoms with E-state index < -0.39 is 0 Å². The van der Waals surface area contributed by atoms with Crippen LogP contribution in [0.5, 0.6) is 0 Å². The van der Waals surface area contributed by atoms with Gasteiger partial charge in [-0.25, -0.2) is 0 Å². The molecule has 1 rings (SSSR count). The van der Waals surface area contributed by atoms with Gasteiger partial charge in [-0.15, -0.1) is 11.3 Å². The highest BCUT2D eigenvalue weighted by molar-refractivity contribution is 7.09. The van der Waals surface area contributed by atoms with E-state index in [1.54, 1.807) is 0 Å². The van der Waals surface area contributed by atoms with Gasteiger partial charge < -0.3 is 5.32 Å². The monoisotopic (exact) mass is 225 g/mol. The summed E-state index contributed by atoms with van der Waals surface area (Å²) in [5, 5.41) is 5.71. The summed E-state index contributed by atoms with van der Waals surface area (Å²) >= 11 is 1.83. The van der Waals surface area contributed by atoms with Crippen molar-refractivity contribution >= 4 is 11.3 Å². The molecular weight excluding hydrogens is 202 g/mol. The fourth-order valence-corrected chi connectivity index (χ4v) is 2.28. The molecule has 0 aliphatic carbocycles. The zero-order valence-corrected chi connectivity index (χ0v) is 10.9. The zero-order chi connectivity index (χ0) is 11.1. The van der Waals surface area contributed by atoms with Crippen LogP contribution >= 0.6 is 11.3 Å². The third-order valence-corrected chi connectivity index (χ3v) is 3.50. The highest BCUT2D eigenvalue weighted by atomic mass is 32.1. The van der Waals surface area contributed by atoms with Crippen molar-refractivity contribution in [2.24, 2.45) is 5.92 Å². The van der Waals surface area contributed by atoms with E-state index in [0.29, 0.717) is 6.04 Å². The van der Waals surface area contributed by atoms with Crippen LogP contribution in [0.25, 0.3) is 0 Å². The molecule has 1 aromatic heterocycles. The summed E-state index contributed by atoms with van der Waals surface area (Å²) in [5.74, 6) is 0.842. The van der Waals surface area contributed by atoms with Gasteiger partial charge in [0, 0.05) is 17.5 Å². The molecule has 2 heteroatoms. The minimum absolute atomic E-state index is 0.644. The molecule has 0 saturated carbocycles. The SMILES string of the molecule is CC(C)CCCC(C)NCc1cccs1. The van der Waals surface area contributed by atoms with Crippen molar-refractivity contribution in [1.82, 2.24) is 5.32 Å². The maximum Gasteiger partial charge on any atom is 0.0302 e. The minimum Gasteiger partial charge on any atom is -0.309 e. The van der Waals surface area contributed by atoms with Crippen LogP contribution in [0.2, 0.25) is 0 Å². The topological polar surface area (TPSA) is 12.0 Å². The second kappa shape index (κ2) is 7.02. The summed E-state index contributed by atoms with van der Waals surface area (Å²) in [6.07, 6.45) is 3.99. The maximum absolute atomic E-state index is 3.57. The van der Waals surface area contributed by atoms with Crippen LogP contribution in [-0.4, -0.2) is 6.04 Å². The molecule has 15 heavy (non-hydrogen) atoms. The highest BCUT2D eigenvalue weighted by Crippen LogP contribution is 2.10. The fourth-order valence-electron chi connectivity index (χ4n) is 1.62. The fraction of sp³-hybridized carbons (Fsp3) is 0.692. The van der Waals surface area contributed by atoms with Gasteiger partial charge in [0.1, 0.15) is 0 Å². The van der Waals surface area contributed by atoms with E-state index in [4.69, 9.17) is 0 Å². The Balaban J connectivity index is 2.06. The van der Waals surface area contributed by atoms with E-state index >= 15 is 0 Å². The van der Waals surface area contributed by atoms with Crippen LogP contribution in [0.1, 0.15) is 44.9 Å². The van der Waals surface area contributed by atoms with Crippen LogP contribution in [0.15, 0.2) is 17.5 Å². The number of hydrogen-bond acceptors (Lipinski definition) is 2. The van der Waals surface area contributed by atoms with Gasteiger partial charge in [-0.2, -0.15) is 0 Å². The number of rotatable bonds is 7. The first-order valence-corrected chi connectivity index (χ1v) is 6.82. The molecule has 1 nitrogen and oxygen atoms in total. The Hall–Kier alpha value is -0.340. The summed E-state index contributed by atoms with van der Waals surface area (Å²) in [6, 6.07) is 4.95. The van der Waals surface area contributed by atoms with Crippen LogP contribution in [0.4, 0.5) is 0 Å². The number of hydrogen-bond donors (Lipinski definition) is 1. The van der Waals surface area contributed by atoms with E-state index in [0.717, 1.165) is 12.5 Å². The van der Waals surface area contributed by atoms with Crippen molar-refractivity contribution in [3.05, 3.63) is 22.4 Å². The van der Waals surface area contributed by atoms with Crippen molar-refractivity contribution < 1.29 is 0 Å². The Morgan fingerprint density at radius 1 is 1.27 bits per heavy atom. The molecule has 1 aromatic rings. The van der Waals surface area contributed by atoms with Crippen LogP contribution < -0.4 is 5.32 Å². The highest BCUT2D eigenvalue weighted by Gasteiger charge is 2.02. The lowest BCUT2D eigenvalue weighted by Crippen LogP contribution is -2.24. The predicted octanol–water partition coefficient (Wildman–Crippen LogP) is 4.05. The molecule has 0 radical (unpaired) electrons. The predicted molar refractivity (Wildman–Crippen MR) is 69.3 cm³/mol. The van der Waals surface area contributed by atoms with Gasteiger partial charge >= 0.3 is 0 Å². The van der Waals surface area contributed by atoms with Gasteiger partial charge in [-0.3, -0.25) is 0 Å². The average Bonchev–Trinajstić information content (AvgIpc) is 2.66. The lowest BCUT2D eigenvalue weighted by atomic mass is 10.0. The van der Waals surface area contributed by atoms with Gasteiger partial charge in [0.25, 0.3) is 0 Å². The standard InChI is InChI=1S/C13H23NS/c1-11(2)6-4-7-12(3)14-10-13-8-5-9-15-13/h5,8-9,11-12,14H,4,6-7,10H2,1-3H3. The lowest BCUT2D eigenvalue weighted by Gasteiger charge is -2.13. The number of thiophene rings is 1. The Bertz CT molecular complexity index is 241. The second-order valence-electron chi connectivity index (χ2n) is 4.69. The van der Waals surface area contributed by atoms with E-state index in [1.165, 1.54) is 24.1 Å². The van der Waals surface area contributed by atoms with E-state index in [9.17, 15) is 0 Å². The smallest absolute Gasteiger partial charge is 0.0302 e. The quantitative estimate of drug-likeness (QED) is 0.738. The lowest BCUT2D eigenvalue weighted by molar-refractivity contribution is 0.458.